The minimum atomic E-state index is -3.26. The predicted molar refractivity (Wildman–Crippen MR) is 109 cm³/mol. The van der Waals surface area contributed by atoms with Gasteiger partial charge in [0.05, 0.1) is 22.8 Å². The van der Waals surface area contributed by atoms with Crippen molar-refractivity contribution in [1.29, 1.82) is 0 Å². The zero-order valence-corrected chi connectivity index (χ0v) is 17.6. The molecule has 12 heteroatoms. The molecule has 0 N–H and O–H groups in total. The molecule has 1 amide bonds. The number of hydrogen-bond acceptors (Lipinski definition) is 7. The third-order valence-corrected chi connectivity index (χ3v) is 6.83. The summed E-state index contributed by atoms with van der Waals surface area (Å²) >= 11 is 0. The Morgan fingerprint density at radius 1 is 1.33 bits per heavy atom. The van der Waals surface area contributed by atoms with Crippen molar-refractivity contribution < 1.29 is 22.6 Å². The van der Waals surface area contributed by atoms with E-state index in [4.69, 9.17) is 4.42 Å². The van der Waals surface area contributed by atoms with Gasteiger partial charge in [-0.15, -0.1) is 0 Å². The minimum Gasteiger partial charge on any atom is -0.407 e. The number of fused-ring (bicyclic) bond motifs is 1. The van der Waals surface area contributed by atoms with Gasteiger partial charge in [0.15, 0.2) is 5.58 Å². The van der Waals surface area contributed by atoms with E-state index < -0.39 is 20.7 Å². The standard InChI is InChI=1S/C18H24N4O7S/c1-19(30(2,27)28)13-7-10-20(11-8-13)17(23)4-3-9-21-15-6-5-14(22(25)26)12-16(15)29-18(21)24/h5-6,12-13H,3-4,7-11H2,1-2H3. The molecule has 0 saturated carbocycles. The van der Waals surface area contributed by atoms with Crippen molar-refractivity contribution in [2.45, 2.75) is 38.3 Å². The lowest BCUT2D eigenvalue weighted by Crippen LogP contribution is -2.47. The van der Waals surface area contributed by atoms with Gasteiger partial charge in [-0.1, -0.05) is 0 Å². The fraction of sp³-hybridized carbons (Fsp3) is 0.556. The van der Waals surface area contributed by atoms with E-state index in [0.717, 1.165) is 0 Å². The minimum absolute atomic E-state index is 0.0491. The van der Waals surface area contributed by atoms with Crippen molar-refractivity contribution in [2.24, 2.45) is 0 Å². The van der Waals surface area contributed by atoms with E-state index in [1.54, 1.807) is 11.9 Å². The number of rotatable bonds is 7. The fourth-order valence-corrected chi connectivity index (χ4v) is 4.43. The van der Waals surface area contributed by atoms with Crippen LogP contribution in [0.3, 0.4) is 0 Å². The van der Waals surface area contributed by atoms with Gasteiger partial charge in [0.25, 0.3) is 5.69 Å². The molecule has 0 spiro atoms. The van der Waals surface area contributed by atoms with E-state index >= 15 is 0 Å². The highest BCUT2D eigenvalue weighted by Gasteiger charge is 2.28. The van der Waals surface area contributed by atoms with Crippen LogP contribution in [0.5, 0.6) is 0 Å². The number of carbonyl (C=O) groups is 1. The van der Waals surface area contributed by atoms with Crippen LogP contribution in [0.1, 0.15) is 25.7 Å². The molecule has 1 fully saturated rings. The Balaban J connectivity index is 1.55. The number of oxazole rings is 1. The summed E-state index contributed by atoms with van der Waals surface area (Å²) in [5.74, 6) is -0.672. The number of aryl methyl sites for hydroxylation is 1. The normalized spacial score (nSPS) is 15.8. The molecule has 2 heterocycles. The monoisotopic (exact) mass is 440 g/mol. The molecule has 2 aromatic rings. The average molecular weight is 440 g/mol. The summed E-state index contributed by atoms with van der Waals surface area (Å²) in [6.45, 7) is 1.23. The number of piperidine rings is 1. The third-order valence-electron chi connectivity index (χ3n) is 5.49. The molecule has 1 saturated heterocycles. The predicted octanol–water partition coefficient (Wildman–Crippen LogP) is 1.17. The van der Waals surface area contributed by atoms with Crippen LogP contribution >= 0.6 is 0 Å². The van der Waals surface area contributed by atoms with Gasteiger partial charge in [-0.2, -0.15) is 0 Å². The van der Waals surface area contributed by atoms with Crippen LogP contribution in [0.2, 0.25) is 0 Å². The number of sulfonamides is 1. The molecule has 164 valence electrons. The molecule has 11 nitrogen and oxygen atoms in total. The number of likely N-dealkylation sites (tertiary alicyclic amines) is 1. The molecule has 1 aliphatic rings. The molecule has 1 aromatic heterocycles. The average Bonchev–Trinajstić information content (AvgIpc) is 3.01. The molecule has 0 radical (unpaired) electrons. The van der Waals surface area contributed by atoms with Crippen molar-refractivity contribution in [3.8, 4) is 0 Å². The Kier molecular flexibility index (Phi) is 6.27. The zero-order chi connectivity index (χ0) is 22.1. The lowest BCUT2D eigenvalue weighted by atomic mass is 10.0. The summed E-state index contributed by atoms with van der Waals surface area (Å²) < 4.78 is 31.1. The number of aromatic nitrogens is 1. The molecular formula is C18H24N4O7S. The largest absolute Gasteiger partial charge is 0.419 e. The molecule has 0 aliphatic carbocycles. The first kappa shape index (κ1) is 22.0. The van der Waals surface area contributed by atoms with Gasteiger partial charge in [-0.05, 0) is 25.3 Å². The lowest BCUT2D eigenvalue weighted by molar-refractivity contribution is -0.384. The topological polar surface area (TPSA) is 136 Å². The maximum absolute atomic E-state index is 12.5. The maximum atomic E-state index is 12.5. The van der Waals surface area contributed by atoms with Crippen LogP contribution in [0, 0.1) is 10.1 Å². The second-order valence-corrected chi connectivity index (χ2v) is 9.47. The van der Waals surface area contributed by atoms with Gasteiger partial charge >= 0.3 is 5.76 Å². The van der Waals surface area contributed by atoms with E-state index in [2.05, 4.69) is 0 Å². The third kappa shape index (κ3) is 4.70. The second-order valence-electron chi connectivity index (χ2n) is 7.42. The molecule has 0 atom stereocenters. The van der Waals surface area contributed by atoms with Gasteiger partial charge in [0, 0.05) is 45.2 Å². The van der Waals surface area contributed by atoms with Crippen molar-refractivity contribution in [2.75, 3.05) is 26.4 Å². The van der Waals surface area contributed by atoms with Gasteiger partial charge in [-0.3, -0.25) is 19.5 Å². The van der Waals surface area contributed by atoms with Crippen LogP contribution in [0.4, 0.5) is 5.69 Å². The molecule has 0 unspecified atom stereocenters. The smallest absolute Gasteiger partial charge is 0.407 e. The molecule has 0 bridgehead atoms. The summed E-state index contributed by atoms with van der Waals surface area (Å²) in [6.07, 6.45) is 2.98. The van der Waals surface area contributed by atoms with Gasteiger partial charge in [0.1, 0.15) is 0 Å². The molecule has 30 heavy (non-hydrogen) atoms. The van der Waals surface area contributed by atoms with Gasteiger partial charge in [-0.25, -0.2) is 17.5 Å². The van der Waals surface area contributed by atoms with E-state index in [-0.39, 0.29) is 36.2 Å². The summed E-state index contributed by atoms with van der Waals surface area (Å²) in [5, 5.41) is 10.8. The molecule has 3 rings (SSSR count). The number of nitrogens with zero attached hydrogens (tertiary/aromatic N) is 4. The molecule has 1 aromatic carbocycles. The number of hydrogen-bond donors (Lipinski definition) is 0. The van der Waals surface area contributed by atoms with Gasteiger partial charge in [0.2, 0.25) is 15.9 Å². The fourth-order valence-electron chi connectivity index (χ4n) is 3.68. The summed E-state index contributed by atoms with van der Waals surface area (Å²) in [7, 11) is -1.70. The van der Waals surface area contributed by atoms with Crippen molar-refractivity contribution in [3.05, 3.63) is 38.9 Å². The quantitative estimate of drug-likeness (QED) is 0.465. The Hall–Kier alpha value is -2.73. The summed E-state index contributed by atoms with van der Waals surface area (Å²) in [4.78, 5) is 36.5. The van der Waals surface area contributed by atoms with Crippen LogP contribution in [0.15, 0.2) is 27.4 Å². The number of benzene rings is 1. The number of nitro benzene ring substituents is 1. The first-order chi connectivity index (χ1) is 14.1. The molecule has 1 aliphatic heterocycles. The Morgan fingerprint density at radius 2 is 2.00 bits per heavy atom. The Bertz CT molecular complexity index is 1110. The Morgan fingerprint density at radius 3 is 2.60 bits per heavy atom. The molecular weight excluding hydrogens is 416 g/mol. The second kappa shape index (κ2) is 8.56. The lowest BCUT2D eigenvalue weighted by Gasteiger charge is -2.35. The Labute approximate surface area is 173 Å². The van der Waals surface area contributed by atoms with E-state index in [0.29, 0.717) is 37.9 Å². The number of nitro groups is 1. The van der Waals surface area contributed by atoms with Gasteiger partial charge < -0.3 is 9.32 Å². The number of carbonyl (C=O) groups excluding carboxylic acids is 1. The first-order valence-corrected chi connectivity index (χ1v) is 11.4. The van der Waals surface area contributed by atoms with Crippen LogP contribution < -0.4 is 5.76 Å². The number of amides is 1. The summed E-state index contributed by atoms with van der Waals surface area (Å²) in [5.41, 5.74) is 0.420. The van der Waals surface area contributed by atoms with E-state index in [9.17, 15) is 28.1 Å². The first-order valence-electron chi connectivity index (χ1n) is 9.56. The van der Waals surface area contributed by atoms with Crippen molar-refractivity contribution in [1.82, 2.24) is 13.8 Å². The zero-order valence-electron chi connectivity index (χ0n) is 16.8. The highest BCUT2D eigenvalue weighted by Crippen LogP contribution is 2.21. The van der Waals surface area contributed by atoms with Crippen molar-refractivity contribution >= 4 is 32.7 Å². The van der Waals surface area contributed by atoms with Crippen LogP contribution in [-0.4, -0.2) is 65.5 Å². The van der Waals surface area contributed by atoms with E-state index in [1.165, 1.54) is 33.3 Å². The SMILES string of the molecule is CN(C1CCN(C(=O)CCCn2c(=O)oc3cc([N+](=O)[O-])ccc32)CC1)S(C)(=O)=O. The van der Waals surface area contributed by atoms with Crippen molar-refractivity contribution in [3.63, 3.8) is 0 Å². The number of non-ortho nitro benzene ring substituents is 1. The van der Waals surface area contributed by atoms with E-state index in [1.807, 2.05) is 0 Å². The summed E-state index contributed by atoms with van der Waals surface area (Å²) in [6, 6.07) is 3.86. The highest BCUT2D eigenvalue weighted by molar-refractivity contribution is 7.88. The van der Waals surface area contributed by atoms with Crippen LogP contribution in [0.25, 0.3) is 11.1 Å². The maximum Gasteiger partial charge on any atom is 0.419 e. The van der Waals surface area contributed by atoms with Crippen LogP contribution in [-0.2, 0) is 21.4 Å². The highest BCUT2D eigenvalue weighted by atomic mass is 32.2.